The van der Waals surface area contributed by atoms with Crippen LogP contribution in [-0.4, -0.2) is 35.6 Å². The topological polar surface area (TPSA) is 102 Å². The van der Waals surface area contributed by atoms with Gasteiger partial charge in [-0.1, -0.05) is 0 Å². The zero-order valence-corrected chi connectivity index (χ0v) is 16.1. The predicted molar refractivity (Wildman–Crippen MR) is 104 cm³/mol. The Hall–Kier alpha value is -2.90. The summed E-state index contributed by atoms with van der Waals surface area (Å²) >= 11 is 0. The molecule has 7 heteroatoms. The van der Waals surface area contributed by atoms with Crippen LogP contribution in [0.3, 0.4) is 0 Å². The lowest BCUT2D eigenvalue weighted by Crippen LogP contribution is -2.30. The molecule has 0 atom stereocenters. The van der Waals surface area contributed by atoms with Crippen LogP contribution in [0.25, 0.3) is 0 Å². The quantitative estimate of drug-likeness (QED) is 0.437. The molecule has 0 radical (unpaired) electrons. The molecule has 2 aromatic rings. The zero-order chi connectivity index (χ0) is 20.8. The van der Waals surface area contributed by atoms with Crippen molar-refractivity contribution in [2.45, 2.75) is 32.0 Å². The minimum atomic E-state index is -1.34. The summed E-state index contributed by atoms with van der Waals surface area (Å²) in [5, 5.41) is 18.4. The Balaban J connectivity index is 1.52. The summed E-state index contributed by atoms with van der Waals surface area (Å²) in [6.07, 6.45) is 0.944. The molecule has 1 aliphatic rings. The molecule has 2 N–H and O–H groups in total. The van der Waals surface area contributed by atoms with Gasteiger partial charge in [-0.2, -0.15) is 0 Å². The second-order valence-corrected chi connectivity index (χ2v) is 7.04. The van der Waals surface area contributed by atoms with E-state index in [2.05, 4.69) is 0 Å². The lowest BCUT2D eigenvalue weighted by atomic mass is 9.82. The number of aliphatic hydroxyl groups excluding tert-OH is 1. The van der Waals surface area contributed by atoms with Gasteiger partial charge in [-0.15, -0.1) is 0 Å². The molecule has 1 fully saturated rings. The summed E-state index contributed by atoms with van der Waals surface area (Å²) in [6.45, 7) is 0. The molecule has 0 spiro atoms. The lowest BCUT2D eigenvalue weighted by molar-refractivity contribution is -0.143. The van der Waals surface area contributed by atoms with Crippen molar-refractivity contribution in [3.63, 3.8) is 0 Å². The van der Waals surface area contributed by atoms with Gasteiger partial charge in [0, 0.05) is 5.92 Å². The molecule has 0 heterocycles. The lowest BCUT2D eigenvalue weighted by Gasteiger charge is -2.28. The van der Waals surface area contributed by atoms with Crippen molar-refractivity contribution in [3.05, 3.63) is 54.1 Å². The minimum absolute atomic E-state index is 0.185. The molecule has 1 aliphatic carbocycles. The van der Waals surface area contributed by atoms with Gasteiger partial charge in [-0.05, 0) is 74.2 Å². The van der Waals surface area contributed by atoms with Gasteiger partial charge < -0.3 is 24.4 Å². The summed E-state index contributed by atoms with van der Waals surface area (Å²) in [5.41, 5.74) is 0.332. The van der Waals surface area contributed by atoms with Crippen LogP contribution >= 0.6 is 0 Å². The third kappa shape index (κ3) is 5.56. The highest BCUT2D eigenvalue weighted by molar-refractivity contribution is 5.91. The molecule has 3 rings (SSSR count). The summed E-state index contributed by atoms with van der Waals surface area (Å²) in [6, 6.07) is 12.8. The van der Waals surface area contributed by atoms with Crippen molar-refractivity contribution < 1.29 is 34.0 Å². The SMILES string of the molecule is COc1ccc(OC(=O)c2ccc(OC(=O)C3CCC(C(O)O)CC3)cc2)cc1. The molecular formula is C22H24O7. The van der Waals surface area contributed by atoms with Crippen LogP contribution in [0.2, 0.25) is 0 Å². The molecule has 0 amide bonds. The Morgan fingerprint density at radius 3 is 1.90 bits per heavy atom. The molecule has 29 heavy (non-hydrogen) atoms. The van der Waals surface area contributed by atoms with Gasteiger partial charge in [0.1, 0.15) is 17.2 Å². The van der Waals surface area contributed by atoms with E-state index in [4.69, 9.17) is 14.2 Å². The molecule has 0 saturated heterocycles. The number of hydrogen-bond acceptors (Lipinski definition) is 7. The Kier molecular flexibility index (Phi) is 6.85. The van der Waals surface area contributed by atoms with Crippen LogP contribution in [0.1, 0.15) is 36.0 Å². The monoisotopic (exact) mass is 400 g/mol. The fraction of sp³-hybridized carbons (Fsp3) is 0.364. The van der Waals surface area contributed by atoms with Crippen LogP contribution in [0, 0.1) is 11.8 Å². The van der Waals surface area contributed by atoms with Crippen molar-refractivity contribution in [3.8, 4) is 17.2 Å². The first-order valence-corrected chi connectivity index (χ1v) is 9.50. The van der Waals surface area contributed by atoms with Crippen LogP contribution in [0.15, 0.2) is 48.5 Å². The van der Waals surface area contributed by atoms with Gasteiger partial charge in [0.25, 0.3) is 0 Å². The average Bonchev–Trinajstić information content (AvgIpc) is 2.74. The van der Waals surface area contributed by atoms with E-state index in [-0.39, 0.29) is 17.8 Å². The van der Waals surface area contributed by atoms with Gasteiger partial charge in [0.15, 0.2) is 6.29 Å². The first kappa shape index (κ1) is 20.8. The average molecular weight is 400 g/mol. The van der Waals surface area contributed by atoms with E-state index < -0.39 is 12.3 Å². The molecule has 0 aromatic heterocycles. The number of hydrogen-bond donors (Lipinski definition) is 2. The standard InChI is InChI=1S/C22H24O7/c1-27-17-10-12-19(13-11-17)29-22(26)16-6-8-18(9-7-16)28-21(25)15-4-2-14(3-5-15)20(23)24/h6-15,20,23-24H,2-5H2,1H3. The van der Waals surface area contributed by atoms with Crippen LogP contribution in [0.4, 0.5) is 0 Å². The fourth-order valence-corrected chi connectivity index (χ4v) is 3.32. The van der Waals surface area contributed by atoms with E-state index in [0.29, 0.717) is 48.5 Å². The van der Waals surface area contributed by atoms with Crippen LogP contribution in [0.5, 0.6) is 17.2 Å². The highest BCUT2D eigenvalue weighted by Gasteiger charge is 2.30. The van der Waals surface area contributed by atoms with Gasteiger partial charge >= 0.3 is 11.9 Å². The smallest absolute Gasteiger partial charge is 0.343 e. The Bertz CT molecular complexity index is 819. The maximum absolute atomic E-state index is 12.3. The third-order valence-electron chi connectivity index (χ3n) is 5.11. The second kappa shape index (κ2) is 9.54. The van der Waals surface area contributed by atoms with E-state index in [9.17, 15) is 19.8 Å². The molecule has 0 unspecified atom stereocenters. The maximum Gasteiger partial charge on any atom is 0.343 e. The van der Waals surface area contributed by atoms with E-state index in [1.54, 1.807) is 43.5 Å². The molecular weight excluding hydrogens is 376 g/mol. The number of esters is 2. The number of methoxy groups -OCH3 is 1. The third-order valence-corrected chi connectivity index (χ3v) is 5.11. The number of benzene rings is 2. The molecule has 154 valence electrons. The Morgan fingerprint density at radius 2 is 1.34 bits per heavy atom. The minimum Gasteiger partial charge on any atom is -0.497 e. The van der Waals surface area contributed by atoms with E-state index in [1.165, 1.54) is 12.1 Å². The fourth-order valence-electron chi connectivity index (χ4n) is 3.32. The Morgan fingerprint density at radius 1 is 0.828 bits per heavy atom. The predicted octanol–water partition coefficient (Wildman–Crippen LogP) is 2.94. The zero-order valence-electron chi connectivity index (χ0n) is 16.1. The van der Waals surface area contributed by atoms with E-state index >= 15 is 0 Å². The van der Waals surface area contributed by atoms with Crippen molar-refractivity contribution in [2.75, 3.05) is 7.11 Å². The van der Waals surface area contributed by atoms with E-state index in [1.807, 2.05) is 0 Å². The molecule has 7 nitrogen and oxygen atoms in total. The Labute approximate surface area is 168 Å². The van der Waals surface area contributed by atoms with Crippen molar-refractivity contribution in [2.24, 2.45) is 11.8 Å². The number of rotatable bonds is 6. The normalized spacial score (nSPS) is 18.9. The number of carbonyl (C=O) groups is 2. The number of ether oxygens (including phenoxy) is 3. The highest BCUT2D eigenvalue weighted by Crippen LogP contribution is 2.31. The molecule has 1 saturated carbocycles. The first-order valence-electron chi connectivity index (χ1n) is 9.50. The second-order valence-electron chi connectivity index (χ2n) is 7.04. The highest BCUT2D eigenvalue weighted by atomic mass is 16.5. The van der Waals surface area contributed by atoms with Gasteiger partial charge in [0.2, 0.25) is 0 Å². The summed E-state index contributed by atoms with van der Waals surface area (Å²) < 4.78 is 15.8. The van der Waals surface area contributed by atoms with Crippen molar-refractivity contribution in [1.82, 2.24) is 0 Å². The first-order chi connectivity index (χ1) is 14.0. The summed E-state index contributed by atoms with van der Waals surface area (Å²) in [7, 11) is 1.56. The van der Waals surface area contributed by atoms with Gasteiger partial charge in [-0.25, -0.2) is 4.79 Å². The summed E-state index contributed by atoms with van der Waals surface area (Å²) in [4.78, 5) is 24.5. The van der Waals surface area contributed by atoms with Crippen LogP contribution < -0.4 is 14.2 Å². The van der Waals surface area contributed by atoms with Crippen LogP contribution in [-0.2, 0) is 4.79 Å². The largest absolute Gasteiger partial charge is 0.497 e. The van der Waals surface area contributed by atoms with Gasteiger partial charge in [-0.3, -0.25) is 4.79 Å². The number of carbonyl (C=O) groups excluding carboxylic acids is 2. The van der Waals surface area contributed by atoms with E-state index in [0.717, 1.165) is 0 Å². The molecule has 2 aromatic carbocycles. The van der Waals surface area contributed by atoms with Crippen molar-refractivity contribution in [1.29, 1.82) is 0 Å². The van der Waals surface area contributed by atoms with Gasteiger partial charge in [0.05, 0.1) is 18.6 Å². The summed E-state index contributed by atoms with van der Waals surface area (Å²) in [5.74, 6) is 0.102. The molecule has 0 bridgehead atoms. The molecule has 0 aliphatic heterocycles. The number of aliphatic hydroxyl groups is 2. The van der Waals surface area contributed by atoms with Crippen molar-refractivity contribution >= 4 is 11.9 Å². The maximum atomic E-state index is 12.3.